The highest BCUT2D eigenvalue weighted by Crippen LogP contribution is 2.30. The molecule has 1 aliphatic rings. The van der Waals surface area contributed by atoms with Crippen LogP contribution < -0.4 is 19.1 Å². The summed E-state index contributed by atoms with van der Waals surface area (Å²) < 4.78 is 37.4. The maximum absolute atomic E-state index is 12.3. The number of hydrogen-bond donors (Lipinski definition) is 1. The van der Waals surface area contributed by atoms with Gasteiger partial charge < -0.3 is 14.8 Å². The summed E-state index contributed by atoms with van der Waals surface area (Å²) in [5.74, 6) is 1.22. The van der Waals surface area contributed by atoms with Gasteiger partial charge in [0.1, 0.15) is 12.7 Å². The molecule has 0 bridgehead atoms. The Morgan fingerprint density at radius 3 is 2.60 bits per heavy atom. The van der Waals surface area contributed by atoms with E-state index in [1.54, 1.807) is 6.07 Å². The summed E-state index contributed by atoms with van der Waals surface area (Å²) in [5.41, 5.74) is 2.60. The third-order valence-electron chi connectivity index (χ3n) is 5.10. The molecule has 0 saturated heterocycles. The molecule has 30 heavy (non-hydrogen) atoms. The number of benzene rings is 2. The Bertz CT molecular complexity index is 1010. The smallest absolute Gasteiger partial charge is 0.232 e. The van der Waals surface area contributed by atoms with Crippen molar-refractivity contribution in [1.29, 1.82) is 0 Å². The second kappa shape index (κ2) is 9.38. The van der Waals surface area contributed by atoms with Crippen molar-refractivity contribution in [3.05, 3.63) is 53.6 Å². The van der Waals surface area contributed by atoms with E-state index in [1.807, 2.05) is 50.2 Å². The van der Waals surface area contributed by atoms with Gasteiger partial charge in [-0.1, -0.05) is 24.3 Å². The molecule has 3 rings (SSSR count). The van der Waals surface area contributed by atoms with Gasteiger partial charge in [-0.05, 0) is 49.6 Å². The molecule has 0 unspecified atom stereocenters. The highest BCUT2D eigenvalue weighted by molar-refractivity contribution is 7.92. The maximum Gasteiger partial charge on any atom is 0.232 e. The van der Waals surface area contributed by atoms with Gasteiger partial charge in [-0.2, -0.15) is 0 Å². The van der Waals surface area contributed by atoms with Gasteiger partial charge in [0, 0.05) is 13.0 Å². The van der Waals surface area contributed by atoms with Crippen LogP contribution in [0.4, 0.5) is 5.69 Å². The molecular formula is C22H28N2O5S. The van der Waals surface area contributed by atoms with Crippen LogP contribution in [-0.4, -0.2) is 46.4 Å². The van der Waals surface area contributed by atoms with Crippen LogP contribution in [0.2, 0.25) is 0 Å². The third-order valence-corrected chi connectivity index (χ3v) is 6.28. The normalized spacial score (nSPS) is 15.5. The van der Waals surface area contributed by atoms with Crippen LogP contribution in [0.15, 0.2) is 42.5 Å². The van der Waals surface area contributed by atoms with Gasteiger partial charge in [0.15, 0.2) is 11.5 Å². The zero-order chi connectivity index (χ0) is 21.7. The minimum atomic E-state index is -3.45. The summed E-state index contributed by atoms with van der Waals surface area (Å²) in [6.07, 6.45) is 1.57. The van der Waals surface area contributed by atoms with Crippen LogP contribution in [0.3, 0.4) is 0 Å². The van der Waals surface area contributed by atoms with E-state index in [-0.39, 0.29) is 25.0 Å². The van der Waals surface area contributed by atoms with Crippen LogP contribution in [0, 0.1) is 13.8 Å². The Balaban J connectivity index is 1.50. The van der Waals surface area contributed by atoms with Gasteiger partial charge in [0.25, 0.3) is 0 Å². The quantitative estimate of drug-likeness (QED) is 0.693. The van der Waals surface area contributed by atoms with E-state index in [0.29, 0.717) is 36.8 Å². The zero-order valence-corrected chi connectivity index (χ0v) is 18.4. The molecule has 1 amide bonds. The summed E-state index contributed by atoms with van der Waals surface area (Å²) in [6, 6.07) is 13.0. The molecule has 0 saturated carbocycles. The van der Waals surface area contributed by atoms with E-state index in [2.05, 4.69) is 5.32 Å². The molecule has 8 heteroatoms. The van der Waals surface area contributed by atoms with E-state index in [9.17, 15) is 13.2 Å². The number of rotatable bonds is 8. The first-order valence-corrected chi connectivity index (χ1v) is 11.8. The lowest BCUT2D eigenvalue weighted by molar-refractivity contribution is -0.121. The van der Waals surface area contributed by atoms with Crippen molar-refractivity contribution in [3.8, 4) is 11.5 Å². The number of ether oxygens (including phenoxy) is 2. The van der Waals surface area contributed by atoms with E-state index < -0.39 is 10.0 Å². The predicted molar refractivity (Wildman–Crippen MR) is 117 cm³/mol. The van der Waals surface area contributed by atoms with Crippen LogP contribution in [-0.2, 0) is 14.8 Å². The average molecular weight is 433 g/mol. The van der Waals surface area contributed by atoms with Crippen molar-refractivity contribution in [2.75, 3.05) is 30.3 Å². The molecule has 0 fully saturated rings. The third kappa shape index (κ3) is 5.44. The SMILES string of the molecule is Cc1cccc(N(CCCC(=O)NC[C@@H]2COc3ccccc3O2)S(C)(=O)=O)c1C. The molecular weight excluding hydrogens is 404 g/mol. The zero-order valence-electron chi connectivity index (χ0n) is 17.6. The van der Waals surface area contributed by atoms with Gasteiger partial charge in [0.2, 0.25) is 15.9 Å². The molecule has 1 N–H and O–H groups in total. The average Bonchev–Trinajstić information content (AvgIpc) is 2.71. The van der Waals surface area contributed by atoms with E-state index >= 15 is 0 Å². The number of sulfonamides is 1. The Hall–Kier alpha value is -2.74. The predicted octanol–water partition coefficient (Wildman–Crippen LogP) is 2.81. The molecule has 1 aliphatic heterocycles. The fourth-order valence-corrected chi connectivity index (χ4v) is 4.35. The maximum atomic E-state index is 12.3. The number of nitrogens with one attached hydrogen (secondary N) is 1. The Morgan fingerprint density at radius 2 is 1.87 bits per heavy atom. The van der Waals surface area contributed by atoms with E-state index in [1.165, 1.54) is 10.6 Å². The van der Waals surface area contributed by atoms with Crippen LogP contribution in [0.1, 0.15) is 24.0 Å². The highest BCUT2D eigenvalue weighted by Gasteiger charge is 2.22. The molecule has 1 heterocycles. The lowest BCUT2D eigenvalue weighted by Crippen LogP contribution is -2.41. The molecule has 162 valence electrons. The Labute approximate surface area is 178 Å². The Morgan fingerprint density at radius 1 is 1.13 bits per heavy atom. The lowest BCUT2D eigenvalue weighted by atomic mass is 10.1. The largest absolute Gasteiger partial charge is 0.486 e. The topological polar surface area (TPSA) is 84.9 Å². The first kappa shape index (κ1) is 22.0. The molecule has 2 aromatic rings. The van der Waals surface area contributed by atoms with Crippen molar-refractivity contribution < 1.29 is 22.7 Å². The van der Waals surface area contributed by atoms with Crippen LogP contribution >= 0.6 is 0 Å². The van der Waals surface area contributed by atoms with Gasteiger partial charge in [0.05, 0.1) is 18.5 Å². The minimum Gasteiger partial charge on any atom is -0.486 e. The summed E-state index contributed by atoms with van der Waals surface area (Å²) in [6.45, 7) is 4.79. The van der Waals surface area contributed by atoms with Gasteiger partial charge in [-0.15, -0.1) is 0 Å². The van der Waals surface area contributed by atoms with Crippen LogP contribution in [0.5, 0.6) is 11.5 Å². The number of hydrogen-bond acceptors (Lipinski definition) is 5. The second-order valence-electron chi connectivity index (χ2n) is 7.46. The molecule has 0 aliphatic carbocycles. The molecule has 7 nitrogen and oxygen atoms in total. The summed E-state index contributed by atoms with van der Waals surface area (Å²) in [7, 11) is -3.45. The van der Waals surface area contributed by atoms with Crippen molar-refractivity contribution in [1.82, 2.24) is 5.32 Å². The van der Waals surface area contributed by atoms with Gasteiger partial charge >= 0.3 is 0 Å². The molecule has 2 aromatic carbocycles. The fraction of sp³-hybridized carbons (Fsp3) is 0.409. The monoisotopic (exact) mass is 432 g/mol. The Kier molecular flexibility index (Phi) is 6.87. The number of carbonyl (C=O) groups is 1. The molecule has 0 radical (unpaired) electrons. The van der Waals surface area contributed by atoms with Crippen molar-refractivity contribution in [2.45, 2.75) is 32.8 Å². The van der Waals surface area contributed by atoms with Crippen molar-refractivity contribution in [3.63, 3.8) is 0 Å². The second-order valence-corrected chi connectivity index (χ2v) is 9.37. The standard InChI is InChI=1S/C22H28N2O5S/c1-16-8-6-9-19(17(16)2)24(30(3,26)27)13-7-12-22(25)23-14-18-15-28-20-10-4-5-11-21(20)29-18/h4-6,8-11,18H,7,12-15H2,1-3H3,(H,23,25)/t18-/m1/s1. The highest BCUT2D eigenvalue weighted by atomic mass is 32.2. The number of aryl methyl sites for hydroxylation is 1. The van der Waals surface area contributed by atoms with E-state index in [4.69, 9.17) is 9.47 Å². The van der Waals surface area contributed by atoms with Gasteiger partial charge in [-0.25, -0.2) is 8.42 Å². The first-order chi connectivity index (χ1) is 14.3. The summed E-state index contributed by atoms with van der Waals surface area (Å²) in [4.78, 5) is 12.2. The summed E-state index contributed by atoms with van der Waals surface area (Å²) in [5, 5.41) is 2.84. The minimum absolute atomic E-state index is 0.146. The molecule has 1 atom stereocenters. The number of anilines is 1. The summed E-state index contributed by atoms with van der Waals surface area (Å²) >= 11 is 0. The van der Waals surface area contributed by atoms with Gasteiger partial charge in [-0.3, -0.25) is 9.10 Å². The number of amides is 1. The number of nitrogens with zero attached hydrogens (tertiary/aromatic N) is 1. The van der Waals surface area contributed by atoms with Crippen molar-refractivity contribution in [2.24, 2.45) is 0 Å². The first-order valence-electron chi connectivity index (χ1n) is 9.95. The fourth-order valence-electron chi connectivity index (χ4n) is 3.33. The van der Waals surface area contributed by atoms with E-state index in [0.717, 1.165) is 11.1 Å². The van der Waals surface area contributed by atoms with Crippen LogP contribution in [0.25, 0.3) is 0 Å². The molecule has 0 spiro atoms. The lowest BCUT2D eigenvalue weighted by Gasteiger charge is -2.26. The number of carbonyl (C=O) groups excluding carboxylic acids is 1. The molecule has 0 aromatic heterocycles. The number of para-hydroxylation sites is 2. The number of fused-ring (bicyclic) bond motifs is 1. The van der Waals surface area contributed by atoms with Crippen molar-refractivity contribution >= 4 is 21.6 Å².